The molecule has 0 aromatic heterocycles. The van der Waals surface area contributed by atoms with Crippen molar-refractivity contribution in [2.24, 2.45) is 22.5 Å². The van der Waals surface area contributed by atoms with Gasteiger partial charge in [-0.1, -0.05) is 33.6 Å². The molecule has 2 saturated carbocycles. The van der Waals surface area contributed by atoms with Crippen LogP contribution in [-0.4, -0.2) is 17.3 Å². The number of rotatable bonds is 2. The summed E-state index contributed by atoms with van der Waals surface area (Å²) < 4.78 is 0. The Morgan fingerprint density at radius 2 is 1.94 bits per heavy atom. The summed E-state index contributed by atoms with van der Waals surface area (Å²) in [5.41, 5.74) is 5.85. The lowest BCUT2D eigenvalue weighted by Crippen LogP contribution is -2.55. The van der Waals surface area contributed by atoms with Gasteiger partial charge in [0.25, 0.3) is 0 Å². The van der Waals surface area contributed by atoms with Crippen LogP contribution in [0.25, 0.3) is 0 Å². The van der Waals surface area contributed by atoms with Crippen molar-refractivity contribution < 1.29 is 5.11 Å². The molecule has 100 valence electrons. The molecule has 0 saturated heterocycles. The van der Waals surface area contributed by atoms with Gasteiger partial charge in [-0.2, -0.15) is 0 Å². The molecule has 2 fully saturated rings. The summed E-state index contributed by atoms with van der Waals surface area (Å²) >= 11 is 0. The van der Waals surface area contributed by atoms with E-state index in [9.17, 15) is 5.11 Å². The van der Waals surface area contributed by atoms with Crippen LogP contribution in [0.5, 0.6) is 0 Å². The summed E-state index contributed by atoms with van der Waals surface area (Å²) in [6.45, 7) is 7.54. The molecule has 2 aliphatic carbocycles. The van der Waals surface area contributed by atoms with E-state index in [4.69, 9.17) is 5.73 Å². The van der Waals surface area contributed by atoms with Crippen LogP contribution in [0.2, 0.25) is 0 Å². The van der Waals surface area contributed by atoms with Gasteiger partial charge in [-0.3, -0.25) is 0 Å². The predicted octanol–water partition coefficient (Wildman–Crippen LogP) is 3.08. The largest absolute Gasteiger partial charge is 0.389 e. The Kier molecular flexibility index (Phi) is 3.33. The maximum atomic E-state index is 11.2. The second kappa shape index (κ2) is 4.24. The van der Waals surface area contributed by atoms with E-state index in [1.54, 1.807) is 0 Å². The van der Waals surface area contributed by atoms with Crippen LogP contribution in [0.15, 0.2) is 0 Å². The molecule has 0 radical (unpaired) electrons. The highest BCUT2D eigenvalue weighted by molar-refractivity contribution is 5.07. The second-order valence-electron chi connectivity index (χ2n) is 7.56. The standard InChI is InChI=1S/C15H29NO/c1-12-5-8-14(9-12,11-16)15(17)7-4-6-13(2,3)10-15/h12,17H,4-11,16H2,1-3H3. The molecule has 0 spiro atoms. The smallest absolute Gasteiger partial charge is 0.0721 e. The number of aliphatic hydroxyl groups is 1. The number of hydrogen-bond acceptors (Lipinski definition) is 2. The van der Waals surface area contributed by atoms with Gasteiger partial charge in [-0.15, -0.1) is 0 Å². The summed E-state index contributed by atoms with van der Waals surface area (Å²) in [5.74, 6) is 0.729. The minimum Gasteiger partial charge on any atom is -0.389 e. The Labute approximate surface area is 106 Å². The van der Waals surface area contributed by atoms with Gasteiger partial charge < -0.3 is 10.8 Å². The Balaban J connectivity index is 2.23. The lowest BCUT2D eigenvalue weighted by atomic mass is 9.58. The van der Waals surface area contributed by atoms with E-state index >= 15 is 0 Å². The fraction of sp³-hybridized carbons (Fsp3) is 1.00. The van der Waals surface area contributed by atoms with Crippen molar-refractivity contribution in [2.75, 3.05) is 6.54 Å². The highest BCUT2D eigenvalue weighted by Crippen LogP contribution is 2.56. The first-order chi connectivity index (χ1) is 7.83. The minimum atomic E-state index is -0.506. The molecular formula is C15H29NO. The average molecular weight is 239 g/mol. The molecule has 0 bridgehead atoms. The van der Waals surface area contributed by atoms with Crippen molar-refractivity contribution in [3.8, 4) is 0 Å². The van der Waals surface area contributed by atoms with Gasteiger partial charge in [0.05, 0.1) is 5.60 Å². The van der Waals surface area contributed by atoms with E-state index < -0.39 is 5.60 Å². The summed E-state index contributed by atoms with van der Waals surface area (Å²) in [4.78, 5) is 0. The molecule has 0 aliphatic heterocycles. The minimum absolute atomic E-state index is 0.00407. The maximum Gasteiger partial charge on any atom is 0.0721 e. The number of nitrogens with two attached hydrogens (primary N) is 1. The molecule has 0 aromatic carbocycles. The molecule has 2 heteroatoms. The van der Waals surface area contributed by atoms with Gasteiger partial charge in [-0.25, -0.2) is 0 Å². The highest BCUT2D eigenvalue weighted by atomic mass is 16.3. The Hall–Kier alpha value is -0.0800. The highest BCUT2D eigenvalue weighted by Gasteiger charge is 2.55. The molecule has 0 aromatic rings. The fourth-order valence-electron chi connectivity index (χ4n) is 4.47. The zero-order valence-electron chi connectivity index (χ0n) is 11.8. The Morgan fingerprint density at radius 1 is 1.24 bits per heavy atom. The zero-order valence-corrected chi connectivity index (χ0v) is 11.8. The van der Waals surface area contributed by atoms with Crippen LogP contribution in [0.4, 0.5) is 0 Å². The lowest BCUT2D eigenvalue weighted by Gasteiger charge is -2.51. The third-order valence-electron chi connectivity index (χ3n) is 5.45. The Morgan fingerprint density at radius 3 is 2.41 bits per heavy atom. The molecule has 2 rings (SSSR count). The zero-order chi connectivity index (χ0) is 12.7. The normalized spacial score (nSPS) is 46.1. The van der Waals surface area contributed by atoms with Crippen molar-refractivity contribution in [2.45, 2.75) is 71.3 Å². The quantitative estimate of drug-likeness (QED) is 0.778. The maximum absolute atomic E-state index is 11.2. The van der Waals surface area contributed by atoms with Crippen LogP contribution < -0.4 is 5.73 Å². The van der Waals surface area contributed by atoms with Crippen molar-refractivity contribution in [3.05, 3.63) is 0 Å². The molecule has 17 heavy (non-hydrogen) atoms. The van der Waals surface area contributed by atoms with Crippen molar-refractivity contribution >= 4 is 0 Å². The topological polar surface area (TPSA) is 46.2 Å². The predicted molar refractivity (Wildman–Crippen MR) is 71.7 cm³/mol. The molecule has 2 aliphatic rings. The summed E-state index contributed by atoms with van der Waals surface area (Å²) in [6.07, 6.45) is 7.77. The summed E-state index contributed by atoms with van der Waals surface area (Å²) in [6, 6.07) is 0. The van der Waals surface area contributed by atoms with Crippen molar-refractivity contribution in [1.82, 2.24) is 0 Å². The van der Waals surface area contributed by atoms with Gasteiger partial charge in [0.2, 0.25) is 0 Å². The van der Waals surface area contributed by atoms with Gasteiger partial charge in [0, 0.05) is 12.0 Å². The molecule has 3 N–H and O–H groups in total. The van der Waals surface area contributed by atoms with E-state index in [2.05, 4.69) is 20.8 Å². The summed E-state index contributed by atoms with van der Waals surface area (Å²) in [7, 11) is 0. The van der Waals surface area contributed by atoms with Crippen molar-refractivity contribution in [3.63, 3.8) is 0 Å². The molecule has 2 nitrogen and oxygen atoms in total. The van der Waals surface area contributed by atoms with Crippen LogP contribution in [0, 0.1) is 16.7 Å². The summed E-state index contributed by atoms with van der Waals surface area (Å²) in [5, 5.41) is 11.2. The fourth-order valence-corrected chi connectivity index (χ4v) is 4.47. The first-order valence-electron chi connectivity index (χ1n) is 7.25. The molecular weight excluding hydrogens is 210 g/mol. The third kappa shape index (κ3) is 2.26. The first-order valence-corrected chi connectivity index (χ1v) is 7.25. The van der Waals surface area contributed by atoms with Gasteiger partial charge in [0.15, 0.2) is 0 Å². The van der Waals surface area contributed by atoms with E-state index in [1.165, 1.54) is 12.8 Å². The van der Waals surface area contributed by atoms with Crippen LogP contribution in [0.1, 0.15) is 65.7 Å². The van der Waals surface area contributed by atoms with E-state index in [0.29, 0.717) is 6.54 Å². The monoisotopic (exact) mass is 239 g/mol. The molecule has 0 amide bonds. The number of hydrogen-bond donors (Lipinski definition) is 2. The van der Waals surface area contributed by atoms with Crippen molar-refractivity contribution in [1.29, 1.82) is 0 Å². The lowest BCUT2D eigenvalue weighted by molar-refractivity contribution is -0.131. The molecule has 0 heterocycles. The van der Waals surface area contributed by atoms with E-state index in [-0.39, 0.29) is 10.8 Å². The second-order valence-corrected chi connectivity index (χ2v) is 7.56. The van der Waals surface area contributed by atoms with Gasteiger partial charge >= 0.3 is 0 Å². The molecule has 3 atom stereocenters. The SMILES string of the molecule is CC1CCC(CN)(C2(O)CCCC(C)(C)C2)C1. The third-order valence-corrected chi connectivity index (χ3v) is 5.45. The van der Waals surface area contributed by atoms with E-state index in [0.717, 1.165) is 38.0 Å². The van der Waals surface area contributed by atoms with Crippen LogP contribution in [-0.2, 0) is 0 Å². The average Bonchev–Trinajstić information content (AvgIpc) is 2.60. The Bertz CT molecular complexity index is 289. The first kappa shape index (κ1) is 13.4. The molecule has 3 unspecified atom stereocenters. The van der Waals surface area contributed by atoms with Crippen LogP contribution in [0.3, 0.4) is 0 Å². The van der Waals surface area contributed by atoms with E-state index in [1.807, 2.05) is 0 Å². The van der Waals surface area contributed by atoms with Gasteiger partial charge in [-0.05, 0) is 43.4 Å². The van der Waals surface area contributed by atoms with Gasteiger partial charge in [0.1, 0.15) is 0 Å². The van der Waals surface area contributed by atoms with Crippen LogP contribution >= 0.6 is 0 Å².